The Morgan fingerprint density at radius 2 is 2.00 bits per heavy atom. The molecular formula is C20H30O2. The average molecular weight is 302 g/mol. The number of epoxide rings is 1. The first kappa shape index (κ1) is 17.1. The largest absolute Gasteiger partial charge is 0.490 e. The minimum atomic E-state index is -0.0479. The molecule has 0 saturated carbocycles. The van der Waals surface area contributed by atoms with Crippen molar-refractivity contribution in [2.45, 2.75) is 64.4 Å². The summed E-state index contributed by atoms with van der Waals surface area (Å²) in [5.74, 6) is 0.946. The standard InChI is InChI=1S/C20H30O2/c1-3-4-5-6-7-8-9-10-12-18-13-11-14-19(15-18)21-16-20(2)17-22-20/h9-11,13-15H,3-8,12,16-17H2,1-2H3/b10-9+. The molecule has 1 unspecified atom stereocenters. The smallest absolute Gasteiger partial charge is 0.123 e. The quantitative estimate of drug-likeness (QED) is 0.314. The van der Waals surface area contributed by atoms with Crippen molar-refractivity contribution >= 4 is 0 Å². The van der Waals surface area contributed by atoms with Crippen LogP contribution in [0.4, 0.5) is 0 Å². The highest BCUT2D eigenvalue weighted by atomic mass is 16.6. The normalized spacial score (nSPS) is 20.5. The topological polar surface area (TPSA) is 21.8 Å². The van der Waals surface area contributed by atoms with Crippen LogP contribution in [0.25, 0.3) is 0 Å². The van der Waals surface area contributed by atoms with E-state index in [4.69, 9.17) is 9.47 Å². The first-order valence-electron chi connectivity index (χ1n) is 8.72. The zero-order valence-electron chi connectivity index (χ0n) is 14.1. The van der Waals surface area contributed by atoms with Crippen molar-refractivity contribution in [1.29, 1.82) is 0 Å². The molecule has 0 radical (unpaired) electrons. The maximum atomic E-state index is 5.81. The molecule has 1 heterocycles. The van der Waals surface area contributed by atoms with E-state index in [1.54, 1.807) is 0 Å². The fourth-order valence-corrected chi connectivity index (χ4v) is 2.41. The van der Waals surface area contributed by atoms with Crippen LogP contribution in [0, 0.1) is 0 Å². The van der Waals surface area contributed by atoms with Crippen molar-refractivity contribution in [2.75, 3.05) is 13.2 Å². The third kappa shape index (κ3) is 6.65. The van der Waals surface area contributed by atoms with Crippen molar-refractivity contribution in [3.8, 4) is 5.75 Å². The van der Waals surface area contributed by atoms with E-state index in [2.05, 4.69) is 44.2 Å². The Labute approximate surface area is 135 Å². The van der Waals surface area contributed by atoms with Gasteiger partial charge in [-0.25, -0.2) is 0 Å². The van der Waals surface area contributed by atoms with Crippen molar-refractivity contribution in [2.24, 2.45) is 0 Å². The van der Waals surface area contributed by atoms with E-state index in [1.165, 1.54) is 44.1 Å². The summed E-state index contributed by atoms with van der Waals surface area (Å²) < 4.78 is 11.1. The van der Waals surface area contributed by atoms with Crippen LogP contribution in [-0.2, 0) is 11.2 Å². The van der Waals surface area contributed by atoms with Crippen molar-refractivity contribution in [1.82, 2.24) is 0 Å². The number of hydrogen-bond acceptors (Lipinski definition) is 2. The van der Waals surface area contributed by atoms with Gasteiger partial charge in [-0.3, -0.25) is 0 Å². The molecule has 1 aliphatic heterocycles. The van der Waals surface area contributed by atoms with E-state index >= 15 is 0 Å². The summed E-state index contributed by atoms with van der Waals surface area (Å²) in [6.45, 7) is 5.80. The van der Waals surface area contributed by atoms with Gasteiger partial charge in [-0.2, -0.15) is 0 Å². The molecule has 0 N–H and O–H groups in total. The Balaban J connectivity index is 1.64. The molecular weight excluding hydrogens is 272 g/mol. The lowest BCUT2D eigenvalue weighted by Crippen LogP contribution is -2.16. The van der Waals surface area contributed by atoms with Crippen LogP contribution in [-0.4, -0.2) is 18.8 Å². The van der Waals surface area contributed by atoms with Crippen LogP contribution in [0.5, 0.6) is 5.75 Å². The maximum absolute atomic E-state index is 5.81. The highest BCUT2D eigenvalue weighted by Crippen LogP contribution is 2.27. The van der Waals surface area contributed by atoms with Gasteiger partial charge in [0, 0.05) is 0 Å². The number of benzene rings is 1. The predicted molar refractivity (Wildman–Crippen MR) is 92.5 cm³/mol. The first-order chi connectivity index (χ1) is 10.7. The van der Waals surface area contributed by atoms with Gasteiger partial charge in [0.1, 0.15) is 18.0 Å². The highest BCUT2D eigenvalue weighted by molar-refractivity contribution is 5.30. The van der Waals surface area contributed by atoms with Crippen LogP contribution >= 0.6 is 0 Å². The Kier molecular flexibility index (Phi) is 6.98. The van der Waals surface area contributed by atoms with Crippen LogP contribution in [0.2, 0.25) is 0 Å². The Bertz CT molecular complexity index is 461. The van der Waals surface area contributed by atoms with Gasteiger partial charge in [0.05, 0.1) is 6.61 Å². The Morgan fingerprint density at radius 1 is 1.18 bits per heavy atom. The molecule has 1 atom stereocenters. The zero-order chi connectivity index (χ0) is 15.7. The maximum Gasteiger partial charge on any atom is 0.123 e. The molecule has 1 aromatic rings. The summed E-state index contributed by atoms with van der Waals surface area (Å²) in [6, 6.07) is 8.39. The van der Waals surface area contributed by atoms with Crippen molar-refractivity contribution < 1.29 is 9.47 Å². The molecule has 2 nitrogen and oxygen atoms in total. The van der Waals surface area contributed by atoms with Gasteiger partial charge in [-0.05, 0) is 43.9 Å². The van der Waals surface area contributed by atoms with Gasteiger partial charge in [0.2, 0.25) is 0 Å². The lowest BCUT2D eigenvalue weighted by Gasteiger charge is -2.09. The van der Waals surface area contributed by atoms with E-state index in [1.807, 2.05) is 6.07 Å². The average Bonchev–Trinajstić information content (AvgIpc) is 3.27. The van der Waals surface area contributed by atoms with E-state index in [9.17, 15) is 0 Å². The summed E-state index contributed by atoms with van der Waals surface area (Å²) in [7, 11) is 0. The molecule has 2 rings (SSSR count). The summed E-state index contributed by atoms with van der Waals surface area (Å²) in [5.41, 5.74) is 1.26. The van der Waals surface area contributed by atoms with E-state index < -0.39 is 0 Å². The fraction of sp³-hybridized carbons (Fsp3) is 0.600. The van der Waals surface area contributed by atoms with Gasteiger partial charge in [-0.1, -0.05) is 56.9 Å². The first-order valence-corrected chi connectivity index (χ1v) is 8.72. The third-order valence-electron chi connectivity index (χ3n) is 4.07. The lowest BCUT2D eigenvalue weighted by atomic mass is 10.1. The van der Waals surface area contributed by atoms with Gasteiger partial charge in [0.25, 0.3) is 0 Å². The van der Waals surface area contributed by atoms with Crippen LogP contribution in [0.15, 0.2) is 36.4 Å². The highest BCUT2D eigenvalue weighted by Gasteiger charge is 2.40. The molecule has 1 aromatic carbocycles. The summed E-state index contributed by atoms with van der Waals surface area (Å²) >= 11 is 0. The van der Waals surface area contributed by atoms with E-state index in [0.29, 0.717) is 6.61 Å². The molecule has 22 heavy (non-hydrogen) atoms. The third-order valence-corrected chi connectivity index (χ3v) is 4.07. The number of ether oxygens (including phenoxy) is 2. The Morgan fingerprint density at radius 3 is 2.77 bits per heavy atom. The Hall–Kier alpha value is -1.28. The minimum Gasteiger partial charge on any atom is -0.490 e. The van der Waals surface area contributed by atoms with Crippen LogP contribution in [0.3, 0.4) is 0 Å². The minimum absolute atomic E-state index is 0.0479. The predicted octanol–water partition coefficient (Wildman–Crippen LogP) is 5.31. The van der Waals surface area contributed by atoms with Gasteiger partial charge in [0.15, 0.2) is 0 Å². The molecule has 122 valence electrons. The molecule has 0 bridgehead atoms. The second kappa shape index (κ2) is 8.99. The fourth-order valence-electron chi connectivity index (χ4n) is 2.41. The molecule has 2 heteroatoms. The molecule has 0 spiro atoms. The van der Waals surface area contributed by atoms with Gasteiger partial charge < -0.3 is 9.47 Å². The number of rotatable bonds is 11. The number of hydrogen-bond donors (Lipinski definition) is 0. The molecule has 1 saturated heterocycles. The summed E-state index contributed by atoms with van der Waals surface area (Å²) in [6.07, 6.45) is 13.5. The molecule has 1 aliphatic rings. The van der Waals surface area contributed by atoms with Crippen molar-refractivity contribution in [3.63, 3.8) is 0 Å². The monoisotopic (exact) mass is 302 g/mol. The summed E-state index contributed by atoms with van der Waals surface area (Å²) in [5, 5.41) is 0. The lowest BCUT2D eigenvalue weighted by molar-refractivity contribution is 0.202. The molecule has 1 fully saturated rings. The zero-order valence-corrected chi connectivity index (χ0v) is 14.1. The second-order valence-electron chi connectivity index (χ2n) is 6.55. The molecule has 0 aliphatic carbocycles. The van der Waals surface area contributed by atoms with E-state index in [-0.39, 0.29) is 5.60 Å². The van der Waals surface area contributed by atoms with Gasteiger partial charge >= 0.3 is 0 Å². The van der Waals surface area contributed by atoms with Gasteiger partial charge in [-0.15, -0.1) is 0 Å². The molecule has 0 aromatic heterocycles. The molecule has 0 amide bonds. The van der Waals surface area contributed by atoms with Crippen molar-refractivity contribution in [3.05, 3.63) is 42.0 Å². The van der Waals surface area contributed by atoms with E-state index in [0.717, 1.165) is 18.8 Å². The summed E-state index contributed by atoms with van der Waals surface area (Å²) in [4.78, 5) is 0. The van der Waals surface area contributed by atoms with Crippen LogP contribution in [0.1, 0.15) is 57.9 Å². The van der Waals surface area contributed by atoms with Crippen LogP contribution < -0.4 is 4.74 Å². The number of allylic oxidation sites excluding steroid dienone is 2. The second-order valence-corrected chi connectivity index (χ2v) is 6.55. The number of unbranched alkanes of at least 4 members (excludes halogenated alkanes) is 5. The SMILES string of the molecule is CCCCCCC/C=C/Cc1cccc(OCC2(C)CO2)c1.